The molecule has 0 aromatic heterocycles. The lowest BCUT2D eigenvalue weighted by Crippen LogP contribution is -1.99. The molecule has 0 bridgehead atoms. The molecule has 2 nitrogen and oxygen atoms in total. The van der Waals surface area contributed by atoms with Crippen LogP contribution >= 0.6 is 11.6 Å². The average Bonchev–Trinajstić information content (AvgIpc) is 2.45. The third-order valence-electron chi connectivity index (χ3n) is 2.96. The number of aryl methyl sites for hydroxylation is 1. The van der Waals surface area contributed by atoms with E-state index in [4.69, 9.17) is 11.6 Å². The molecular weight excluding hydrogens is 258 g/mol. The van der Waals surface area contributed by atoms with Crippen molar-refractivity contribution in [3.63, 3.8) is 0 Å². The van der Waals surface area contributed by atoms with Crippen molar-refractivity contribution in [3.8, 4) is 5.75 Å². The smallest absolute Gasteiger partial charge is 0.115 e. The van der Waals surface area contributed by atoms with Crippen molar-refractivity contribution < 1.29 is 5.11 Å². The molecule has 0 radical (unpaired) electrons. The van der Waals surface area contributed by atoms with Crippen molar-refractivity contribution in [2.75, 3.05) is 11.2 Å². The number of benzene rings is 2. The summed E-state index contributed by atoms with van der Waals surface area (Å²) in [5.41, 5.74) is 3.56. The van der Waals surface area contributed by atoms with Gasteiger partial charge in [0.2, 0.25) is 0 Å². The Labute approximate surface area is 119 Å². The first-order chi connectivity index (χ1) is 9.28. The van der Waals surface area contributed by atoms with Gasteiger partial charge in [0.15, 0.2) is 0 Å². The van der Waals surface area contributed by atoms with E-state index in [1.165, 1.54) is 5.56 Å². The van der Waals surface area contributed by atoms with E-state index in [1.807, 2.05) is 12.1 Å². The molecule has 0 unspecified atom stereocenters. The van der Waals surface area contributed by atoms with E-state index < -0.39 is 0 Å². The highest BCUT2D eigenvalue weighted by molar-refractivity contribution is 6.17. The highest BCUT2D eigenvalue weighted by atomic mass is 35.5. The first kappa shape index (κ1) is 13.8. The van der Waals surface area contributed by atoms with Gasteiger partial charge in [0, 0.05) is 18.1 Å². The summed E-state index contributed by atoms with van der Waals surface area (Å²) in [6.45, 7) is 0.749. The molecule has 0 heterocycles. The minimum Gasteiger partial charge on any atom is -0.508 e. The molecule has 2 N–H and O–H groups in total. The number of aromatic hydroxyl groups is 1. The fourth-order valence-corrected chi connectivity index (χ4v) is 2.06. The summed E-state index contributed by atoms with van der Waals surface area (Å²) < 4.78 is 0. The van der Waals surface area contributed by atoms with Crippen LogP contribution in [0.15, 0.2) is 48.5 Å². The number of hydrogen-bond donors (Lipinski definition) is 2. The SMILES string of the molecule is Oc1ccc(CNc2cccc(CCCCl)c2)cc1. The second-order valence-corrected chi connectivity index (χ2v) is 4.89. The van der Waals surface area contributed by atoms with Crippen molar-refractivity contribution >= 4 is 17.3 Å². The van der Waals surface area contributed by atoms with Crippen LogP contribution in [-0.2, 0) is 13.0 Å². The molecule has 2 aromatic rings. The van der Waals surface area contributed by atoms with Gasteiger partial charge in [0.25, 0.3) is 0 Å². The van der Waals surface area contributed by atoms with Gasteiger partial charge in [-0.3, -0.25) is 0 Å². The summed E-state index contributed by atoms with van der Waals surface area (Å²) >= 11 is 5.71. The third kappa shape index (κ3) is 4.49. The molecule has 0 saturated heterocycles. The molecule has 2 rings (SSSR count). The van der Waals surface area contributed by atoms with Crippen LogP contribution in [0, 0.1) is 0 Å². The maximum atomic E-state index is 9.23. The summed E-state index contributed by atoms with van der Waals surface area (Å²) in [5.74, 6) is 0.998. The number of hydrogen-bond acceptors (Lipinski definition) is 2. The third-order valence-corrected chi connectivity index (χ3v) is 3.23. The lowest BCUT2D eigenvalue weighted by molar-refractivity contribution is 0.475. The quantitative estimate of drug-likeness (QED) is 0.776. The Balaban J connectivity index is 1.93. The molecule has 100 valence electrons. The minimum absolute atomic E-state index is 0.298. The normalized spacial score (nSPS) is 10.4. The molecular formula is C16H18ClNO. The summed E-state index contributed by atoms with van der Waals surface area (Å²) in [6.07, 6.45) is 2.02. The van der Waals surface area contributed by atoms with Crippen molar-refractivity contribution in [1.82, 2.24) is 0 Å². The van der Waals surface area contributed by atoms with Crippen molar-refractivity contribution in [2.45, 2.75) is 19.4 Å². The maximum Gasteiger partial charge on any atom is 0.115 e. The number of halogens is 1. The molecule has 0 aliphatic rings. The van der Waals surface area contributed by atoms with E-state index in [0.29, 0.717) is 11.6 Å². The van der Waals surface area contributed by atoms with Gasteiger partial charge in [-0.05, 0) is 48.2 Å². The predicted octanol–water partition coefficient (Wildman–Crippen LogP) is 4.18. The van der Waals surface area contributed by atoms with Crippen molar-refractivity contribution in [3.05, 3.63) is 59.7 Å². The number of rotatable bonds is 6. The summed E-state index contributed by atoms with van der Waals surface area (Å²) in [7, 11) is 0. The van der Waals surface area contributed by atoms with Gasteiger partial charge in [-0.25, -0.2) is 0 Å². The Morgan fingerprint density at radius 3 is 2.53 bits per heavy atom. The summed E-state index contributed by atoms with van der Waals surface area (Å²) in [6, 6.07) is 15.6. The molecule has 0 saturated carbocycles. The van der Waals surface area contributed by atoms with Crippen molar-refractivity contribution in [1.29, 1.82) is 0 Å². The zero-order valence-corrected chi connectivity index (χ0v) is 11.5. The van der Waals surface area contributed by atoms with E-state index in [0.717, 1.165) is 30.6 Å². The minimum atomic E-state index is 0.298. The Bertz CT molecular complexity index is 510. The average molecular weight is 276 g/mol. The Kier molecular flexibility index (Phi) is 5.10. The van der Waals surface area contributed by atoms with Gasteiger partial charge in [0.1, 0.15) is 5.75 Å². The molecule has 0 fully saturated rings. The monoisotopic (exact) mass is 275 g/mol. The van der Waals surface area contributed by atoms with Crippen LogP contribution in [0.5, 0.6) is 5.75 Å². The molecule has 2 aromatic carbocycles. The van der Waals surface area contributed by atoms with Crippen LogP contribution in [-0.4, -0.2) is 11.0 Å². The second-order valence-electron chi connectivity index (χ2n) is 4.51. The number of phenols is 1. The van der Waals surface area contributed by atoms with Crippen LogP contribution in [0.2, 0.25) is 0 Å². The summed E-state index contributed by atoms with van der Waals surface area (Å²) in [5, 5.41) is 12.6. The first-order valence-electron chi connectivity index (χ1n) is 6.44. The largest absolute Gasteiger partial charge is 0.508 e. The lowest BCUT2D eigenvalue weighted by Gasteiger charge is -2.08. The second kappa shape index (κ2) is 7.05. The van der Waals surface area contributed by atoms with E-state index in [-0.39, 0.29) is 0 Å². The Hall–Kier alpha value is -1.67. The zero-order chi connectivity index (χ0) is 13.5. The van der Waals surface area contributed by atoms with Crippen molar-refractivity contribution in [2.24, 2.45) is 0 Å². The van der Waals surface area contributed by atoms with E-state index in [9.17, 15) is 5.11 Å². The van der Waals surface area contributed by atoms with Gasteiger partial charge in [0.05, 0.1) is 0 Å². The van der Waals surface area contributed by atoms with Crippen LogP contribution < -0.4 is 5.32 Å². The van der Waals surface area contributed by atoms with Crippen LogP contribution in [0.25, 0.3) is 0 Å². The van der Waals surface area contributed by atoms with Gasteiger partial charge >= 0.3 is 0 Å². The van der Waals surface area contributed by atoms with Gasteiger partial charge < -0.3 is 10.4 Å². The Morgan fingerprint density at radius 1 is 1.00 bits per heavy atom. The molecule has 0 aliphatic carbocycles. The molecule has 3 heteroatoms. The molecule has 0 amide bonds. The van der Waals surface area contributed by atoms with Crippen LogP contribution in [0.1, 0.15) is 17.5 Å². The summed E-state index contributed by atoms with van der Waals surface area (Å²) in [4.78, 5) is 0. The fraction of sp³-hybridized carbons (Fsp3) is 0.250. The van der Waals surface area contributed by atoms with Gasteiger partial charge in [-0.1, -0.05) is 24.3 Å². The Morgan fingerprint density at radius 2 is 1.79 bits per heavy atom. The van der Waals surface area contributed by atoms with Crippen LogP contribution in [0.3, 0.4) is 0 Å². The van der Waals surface area contributed by atoms with E-state index in [1.54, 1.807) is 12.1 Å². The fourth-order valence-electron chi connectivity index (χ4n) is 1.93. The number of anilines is 1. The standard InChI is InChI=1S/C16H18ClNO/c17-10-2-4-13-3-1-5-15(11-13)18-12-14-6-8-16(19)9-7-14/h1,3,5-9,11,18-19H,2,4,10,12H2. The van der Waals surface area contributed by atoms with Gasteiger partial charge in [-0.15, -0.1) is 11.6 Å². The van der Waals surface area contributed by atoms with E-state index in [2.05, 4.69) is 29.6 Å². The zero-order valence-electron chi connectivity index (χ0n) is 10.8. The van der Waals surface area contributed by atoms with E-state index >= 15 is 0 Å². The highest BCUT2D eigenvalue weighted by Crippen LogP contribution is 2.15. The first-order valence-corrected chi connectivity index (χ1v) is 6.98. The lowest BCUT2D eigenvalue weighted by atomic mass is 10.1. The molecule has 0 aliphatic heterocycles. The van der Waals surface area contributed by atoms with Gasteiger partial charge in [-0.2, -0.15) is 0 Å². The maximum absolute atomic E-state index is 9.23. The van der Waals surface area contributed by atoms with Crippen LogP contribution in [0.4, 0.5) is 5.69 Å². The molecule has 0 atom stereocenters. The predicted molar refractivity (Wildman–Crippen MR) is 80.9 cm³/mol. The highest BCUT2D eigenvalue weighted by Gasteiger charge is 1.97. The molecule has 0 spiro atoms. The number of alkyl halides is 1. The number of phenolic OH excluding ortho intramolecular Hbond substituents is 1. The molecule has 19 heavy (non-hydrogen) atoms. The number of nitrogens with one attached hydrogen (secondary N) is 1. The topological polar surface area (TPSA) is 32.3 Å².